The number of carbonyl (C=O) groups excluding carboxylic acids is 1. The Balaban J connectivity index is 1.66. The molecule has 0 unspecified atom stereocenters. The number of anilines is 2. The molecule has 1 heterocycles. The number of carbonyl (C=O) groups is 1. The predicted octanol–water partition coefficient (Wildman–Crippen LogP) is 4.74. The lowest BCUT2D eigenvalue weighted by atomic mass is 10.0. The molecule has 6 heteroatoms. The van der Waals surface area contributed by atoms with E-state index in [1.807, 2.05) is 25.1 Å². The molecule has 21 heavy (non-hydrogen) atoms. The van der Waals surface area contributed by atoms with Crippen LogP contribution < -0.4 is 10.6 Å². The largest absolute Gasteiger partial charge is 0.325 e. The highest BCUT2D eigenvalue weighted by Crippen LogP contribution is 2.29. The van der Waals surface area contributed by atoms with Crippen LogP contribution in [0.3, 0.4) is 0 Å². The third-order valence-corrected chi connectivity index (χ3v) is 5.44. The van der Waals surface area contributed by atoms with Crippen LogP contribution in [0.1, 0.15) is 29.0 Å². The first-order chi connectivity index (χ1) is 10.1. The van der Waals surface area contributed by atoms with Crippen molar-refractivity contribution in [3.63, 3.8) is 0 Å². The molecule has 2 aromatic rings. The van der Waals surface area contributed by atoms with E-state index in [9.17, 15) is 4.79 Å². The first kappa shape index (κ1) is 14.5. The van der Waals surface area contributed by atoms with E-state index in [1.165, 1.54) is 17.7 Å². The number of rotatable bonds is 2. The lowest BCUT2D eigenvalue weighted by Gasteiger charge is -2.07. The number of hydrogen-bond donors (Lipinski definition) is 2. The van der Waals surface area contributed by atoms with E-state index in [-0.39, 0.29) is 6.03 Å². The standard InChI is InChI=1S/C15H16BrN3OS/c1-9-8-10(6-7-11(9)16)17-14(20)19-15-18-12-4-2-3-5-13(12)21-15/h6-8H,2-5H2,1H3,(H2,17,18,19,20). The molecule has 0 saturated heterocycles. The van der Waals surface area contributed by atoms with Crippen molar-refractivity contribution in [3.05, 3.63) is 38.8 Å². The highest BCUT2D eigenvalue weighted by atomic mass is 79.9. The van der Waals surface area contributed by atoms with Gasteiger partial charge in [-0.05, 0) is 56.4 Å². The van der Waals surface area contributed by atoms with Crippen LogP contribution in [-0.2, 0) is 12.8 Å². The number of thiazole rings is 1. The number of aryl methyl sites for hydroxylation is 3. The van der Waals surface area contributed by atoms with Crippen molar-refractivity contribution in [2.75, 3.05) is 10.6 Å². The van der Waals surface area contributed by atoms with Gasteiger partial charge in [0.15, 0.2) is 5.13 Å². The Hall–Kier alpha value is -1.40. The zero-order valence-electron chi connectivity index (χ0n) is 11.7. The molecule has 1 aliphatic carbocycles. The molecule has 0 spiro atoms. The molecule has 1 aromatic carbocycles. The Morgan fingerprint density at radius 2 is 2.10 bits per heavy atom. The van der Waals surface area contributed by atoms with E-state index in [0.29, 0.717) is 5.13 Å². The van der Waals surface area contributed by atoms with E-state index in [1.54, 1.807) is 11.3 Å². The van der Waals surface area contributed by atoms with Crippen LogP contribution in [0.25, 0.3) is 0 Å². The number of nitrogens with zero attached hydrogens (tertiary/aromatic N) is 1. The van der Waals surface area contributed by atoms with Gasteiger partial charge in [-0.15, -0.1) is 11.3 Å². The van der Waals surface area contributed by atoms with Gasteiger partial charge in [-0.25, -0.2) is 9.78 Å². The monoisotopic (exact) mass is 365 g/mol. The number of hydrogen-bond acceptors (Lipinski definition) is 3. The smallest absolute Gasteiger partial charge is 0.308 e. The average molecular weight is 366 g/mol. The van der Waals surface area contributed by atoms with Crippen LogP contribution in [0, 0.1) is 6.92 Å². The van der Waals surface area contributed by atoms with Gasteiger partial charge in [0, 0.05) is 15.0 Å². The third-order valence-electron chi connectivity index (χ3n) is 3.48. The molecule has 1 aromatic heterocycles. The summed E-state index contributed by atoms with van der Waals surface area (Å²) in [6.07, 6.45) is 4.53. The van der Waals surface area contributed by atoms with Gasteiger partial charge >= 0.3 is 6.03 Å². The summed E-state index contributed by atoms with van der Waals surface area (Å²) in [5.41, 5.74) is 3.01. The highest BCUT2D eigenvalue weighted by Gasteiger charge is 2.16. The van der Waals surface area contributed by atoms with Gasteiger partial charge < -0.3 is 5.32 Å². The molecular weight excluding hydrogens is 350 g/mol. The van der Waals surface area contributed by atoms with Gasteiger partial charge in [-0.2, -0.15) is 0 Å². The van der Waals surface area contributed by atoms with Gasteiger partial charge in [-0.1, -0.05) is 15.9 Å². The zero-order chi connectivity index (χ0) is 14.8. The molecule has 0 fully saturated rings. The number of halogens is 1. The topological polar surface area (TPSA) is 54.0 Å². The lowest BCUT2D eigenvalue weighted by Crippen LogP contribution is -2.19. The van der Waals surface area contributed by atoms with E-state index < -0.39 is 0 Å². The fraction of sp³-hybridized carbons (Fsp3) is 0.333. The summed E-state index contributed by atoms with van der Waals surface area (Å²) in [4.78, 5) is 17.8. The van der Waals surface area contributed by atoms with Crippen LogP contribution in [0.5, 0.6) is 0 Å². The average Bonchev–Trinajstić information content (AvgIpc) is 2.84. The van der Waals surface area contributed by atoms with Gasteiger partial charge in [0.1, 0.15) is 0 Å². The Morgan fingerprint density at radius 1 is 1.29 bits per heavy atom. The second kappa shape index (κ2) is 6.15. The molecular formula is C15H16BrN3OS. The minimum absolute atomic E-state index is 0.247. The number of urea groups is 1. The van der Waals surface area contributed by atoms with Crippen LogP contribution in [-0.4, -0.2) is 11.0 Å². The SMILES string of the molecule is Cc1cc(NC(=O)Nc2nc3c(s2)CCCC3)ccc1Br. The summed E-state index contributed by atoms with van der Waals surface area (Å²) in [5.74, 6) is 0. The van der Waals surface area contributed by atoms with Gasteiger partial charge in [-0.3, -0.25) is 5.32 Å². The molecule has 0 aliphatic heterocycles. The van der Waals surface area contributed by atoms with Crippen LogP contribution in [0.15, 0.2) is 22.7 Å². The molecule has 2 amide bonds. The number of aromatic nitrogens is 1. The molecule has 2 N–H and O–H groups in total. The quantitative estimate of drug-likeness (QED) is 0.807. The molecule has 0 atom stereocenters. The fourth-order valence-electron chi connectivity index (χ4n) is 2.39. The number of nitrogens with one attached hydrogen (secondary N) is 2. The summed E-state index contributed by atoms with van der Waals surface area (Å²) in [6, 6.07) is 5.47. The predicted molar refractivity (Wildman–Crippen MR) is 90.3 cm³/mol. The summed E-state index contributed by atoms with van der Waals surface area (Å²) >= 11 is 5.03. The molecule has 3 rings (SSSR count). The van der Waals surface area contributed by atoms with Crippen molar-refractivity contribution in [2.45, 2.75) is 32.6 Å². The van der Waals surface area contributed by atoms with Crippen molar-refractivity contribution < 1.29 is 4.79 Å². The highest BCUT2D eigenvalue weighted by molar-refractivity contribution is 9.10. The van der Waals surface area contributed by atoms with E-state index in [0.717, 1.165) is 34.3 Å². The maximum atomic E-state index is 12.0. The van der Waals surface area contributed by atoms with Crippen molar-refractivity contribution in [3.8, 4) is 0 Å². The van der Waals surface area contributed by atoms with Crippen LogP contribution >= 0.6 is 27.3 Å². The first-order valence-electron chi connectivity index (χ1n) is 6.94. The second-order valence-corrected chi connectivity index (χ2v) is 7.08. The van der Waals surface area contributed by atoms with Gasteiger partial charge in [0.05, 0.1) is 5.69 Å². The maximum Gasteiger partial charge on any atom is 0.325 e. The number of benzene rings is 1. The molecule has 110 valence electrons. The van der Waals surface area contributed by atoms with Crippen LogP contribution in [0.4, 0.5) is 15.6 Å². The molecule has 0 radical (unpaired) electrons. The molecule has 0 bridgehead atoms. The minimum atomic E-state index is -0.247. The van der Waals surface area contributed by atoms with Gasteiger partial charge in [0.2, 0.25) is 0 Å². The second-order valence-electron chi connectivity index (χ2n) is 5.14. The van der Waals surface area contributed by atoms with E-state index in [4.69, 9.17) is 0 Å². The van der Waals surface area contributed by atoms with Crippen molar-refractivity contribution in [1.82, 2.24) is 4.98 Å². The van der Waals surface area contributed by atoms with E-state index >= 15 is 0 Å². The molecule has 0 saturated carbocycles. The fourth-order valence-corrected chi connectivity index (χ4v) is 3.68. The summed E-state index contributed by atoms with van der Waals surface area (Å²) in [7, 11) is 0. The number of amides is 2. The normalized spacial score (nSPS) is 13.6. The Labute approximate surface area is 136 Å². The van der Waals surface area contributed by atoms with Crippen molar-refractivity contribution in [1.29, 1.82) is 0 Å². The lowest BCUT2D eigenvalue weighted by molar-refractivity contribution is 0.262. The third kappa shape index (κ3) is 3.44. The number of fused-ring (bicyclic) bond motifs is 1. The Morgan fingerprint density at radius 3 is 2.86 bits per heavy atom. The first-order valence-corrected chi connectivity index (χ1v) is 8.55. The zero-order valence-corrected chi connectivity index (χ0v) is 14.1. The van der Waals surface area contributed by atoms with E-state index in [2.05, 4.69) is 31.5 Å². The summed E-state index contributed by atoms with van der Waals surface area (Å²) < 4.78 is 1.03. The van der Waals surface area contributed by atoms with Gasteiger partial charge in [0.25, 0.3) is 0 Å². The Kier molecular flexibility index (Phi) is 4.26. The summed E-state index contributed by atoms with van der Waals surface area (Å²) in [6.45, 7) is 1.99. The maximum absolute atomic E-state index is 12.0. The Bertz CT molecular complexity index is 660. The van der Waals surface area contributed by atoms with Crippen molar-refractivity contribution in [2.24, 2.45) is 0 Å². The molecule has 1 aliphatic rings. The summed E-state index contributed by atoms with van der Waals surface area (Å²) in [5, 5.41) is 6.35. The van der Waals surface area contributed by atoms with Crippen molar-refractivity contribution >= 4 is 44.1 Å². The minimum Gasteiger partial charge on any atom is -0.308 e. The van der Waals surface area contributed by atoms with Crippen LogP contribution in [0.2, 0.25) is 0 Å². The molecule has 4 nitrogen and oxygen atoms in total.